The number of aryl methyl sites for hydroxylation is 2. The Morgan fingerprint density at radius 1 is 1.23 bits per heavy atom. The van der Waals surface area contributed by atoms with Crippen molar-refractivity contribution in [3.63, 3.8) is 0 Å². The second-order valence-corrected chi connectivity index (χ2v) is 5.47. The molecule has 0 spiro atoms. The van der Waals surface area contributed by atoms with Gasteiger partial charge < -0.3 is 10.6 Å². The summed E-state index contributed by atoms with van der Waals surface area (Å²) >= 11 is 6.06. The number of hydrogen-bond acceptors (Lipinski definition) is 4. The highest BCUT2D eigenvalue weighted by molar-refractivity contribution is 6.31. The summed E-state index contributed by atoms with van der Waals surface area (Å²) in [7, 11) is 0. The number of carbonyl (C=O) groups excluding carboxylic acids is 1. The molecule has 0 bridgehead atoms. The summed E-state index contributed by atoms with van der Waals surface area (Å²) in [6.45, 7) is 6.56. The first kappa shape index (κ1) is 16.2. The zero-order valence-corrected chi connectivity index (χ0v) is 13.7. The summed E-state index contributed by atoms with van der Waals surface area (Å²) in [5.41, 5.74) is 2.66. The molecule has 1 heterocycles. The van der Waals surface area contributed by atoms with Gasteiger partial charge >= 0.3 is 0 Å². The van der Waals surface area contributed by atoms with Gasteiger partial charge in [0, 0.05) is 22.9 Å². The molecule has 1 aromatic carbocycles. The standard InChI is InChI=1S/C16H19ClN4O/c1-4-7-18-16-19-11(3)8-14(21-16)15(22)20-12-6-5-10(2)13(17)9-12/h5-6,8-9H,4,7H2,1-3H3,(H,20,22)(H,18,19,21). The van der Waals surface area contributed by atoms with Crippen LogP contribution in [0.25, 0.3) is 0 Å². The minimum atomic E-state index is -0.287. The Hall–Kier alpha value is -2.14. The average Bonchev–Trinajstić information content (AvgIpc) is 2.48. The fourth-order valence-corrected chi connectivity index (χ4v) is 2.05. The normalized spacial score (nSPS) is 10.4. The minimum Gasteiger partial charge on any atom is -0.354 e. The van der Waals surface area contributed by atoms with Gasteiger partial charge in [-0.3, -0.25) is 4.79 Å². The van der Waals surface area contributed by atoms with E-state index in [9.17, 15) is 4.79 Å². The largest absolute Gasteiger partial charge is 0.354 e. The van der Waals surface area contributed by atoms with Crippen LogP contribution in [0.5, 0.6) is 0 Å². The fourth-order valence-electron chi connectivity index (χ4n) is 1.87. The smallest absolute Gasteiger partial charge is 0.274 e. The van der Waals surface area contributed by atoms with Crippen LogP contribution in [-0.4, -0.2) is 22.4 Å². The quantitative estimate of drug-likeness (QED) is 0.879. The second kappa shape index (κ2) is 7.22. The monoisotopic (exact) mass is 318 g/mol. The highest BCUT2D eigenvalue weighted by atomic mass is 35.5. The molecule has 5 nitrogen and oxygen atoms in total. The third kappa shape index (κ3) is 4.18. The molecular formula is C16H19ClN4O. The van der Waals surface area contributed by atoms with Gasteiger partial charge in [-0.1, -0.05) is 24.6 Å². The van der Waals surface area contributed by atoms with Crippen molar-refractivity contribution in [2.45, 2.75) is 27.2 Å². The number of halogens is 1. The zero-order valence-electron chi connectivity index (χ0n) is 12.9. The molecule has 22 heavy (non-hydrogen) atoms. The van der Waals surface area contributed by atoms with Crippen molar-refractivity contribution in [3.05, 3.63) is 46.2 Å². The van der Waals surface area contributed by atoms with Crippen molar-refractivity contribution >= 4 is 29.1 Å². The van der Waals surface area contributed by atoms with E-state index >= 15 is 0 Å². The Kier molecular flexibility index (Phi) is 5.33. The van der Waals surface area contributed by atoms with Crippen LogP contribution in [0.15, 0.2) is 24.3 Å². The summed E-state index contributed by atoms with van der Waals surface area (Å²) < 4.78 is 0. The number of hydrogen-bond donors (Lipinski definition) is 2. The van der Waals surface area contributed by atoms with Crippen LogP contribution >= 0.6 is 11.6 Å². The first-order chi connectivity index (χ1) is 10.5. The Morgan fingerprint density at radius 2 is 2.00 bits per heavy atom. The van der Waals surface area contributed by atoms with E-state index in [1.165, 1.54) is 0 Å². The molecule has 2 rings (SSSR count). The van der Waals surface area contributed by atoms with E-state index in [1.54, 1.807) is 12.1 Å². The minimum absolute atomic E-state index is 0.287. The molecule has 0 radical (unpaired) electrons. The van der Waals surface area contributed by atoms with E-state index in [4.69, 9.17) is 11.6 Å². The molecule has 0 aliphatic carbocycles. The van der Waals surface area contributed by atoms with Crippen molar-refractivity contribution in [2.24, 2.45) is 0 Å². The van der Waals surface area contributed by atoms with Gasteiger partial charge in [0.25, 0.3) is 5.91 Å². The van der Waals surface area contributed by atoms with Gasteiger partial charge in [-0.15, -0.1) is 0 Å². The lowest BCUT2D eigenvalue weighted by atomic mass is 10.2. The fraction of sp³-hybridized carbons (Fsp3) is 0.312. The van der Waals surface area contributed by atoms with E-state index in [2.05, 4.69) is 27.5 Å². The Labute approximate surface area is 135 Å². The van der Waals surface area contributed by atoms with Crippen molar-refractivity contribution in [2.75, 3.05) is 17.2 Å². The van der Waals surface area contributed by atoms with Gasteiger partial charge in [-0.2, -0.15) is 0 Å². The summed E-state index contributed by atoms with van der Waals surface area (Å²) in [6.07, 6.45) is 0.959. The van der Waals surface area contributed by atoms with E-state index in [0.29, 0.717) is 22.4 Å². The third-order valence-corrected chi connectivity index (χ3v) is 3.46. The molecule has 1 amide bonds. The molecule has 0 atom stereocenters. The predicted octanol–water partition coefficient (Wildman–Crippen LogP) is 3.82. The summed E-state index contributed by atoms with van der Waals surface area (Å²) in [4.78, 5) is 20.8. The Balaban J connectivity index is 2.17. The first-order valence-corrected chi connectivity index (χ1v) is 7.54. The molecule has 0 unspecified atom stereocenters. The average molecular weight is 319 g/mol. The lowest BCUT2D eigenvalue weighted by Crippen LogP contribution is -2.16. The topological polar surface area (TPSA) is 66.9 Å². The molecule has 6 heteroatoms. The van der Waals surface area contributed by atoms with Gasteiger partial charge in [0.05, 0.1) is 0 Å². The van der Waals surface area contributed by atoms with Crippen LogP contribution in [0.1, 0.15) is 35.1 Å². The maximum absolute atomic E-state index is 12.3. The van der Waals surface area contributed by atoms with Crippen molar-refractivity contribution in [1.82, 2.24) is 9.97 Å². The van der Waals surface area contributed by atoms with Gasteiger partial charge in [0.15, 0.2) is 0 Å². The number of anilines is 2. The zero-order chi connectivity index (χ0) is 16.1. The number of nitrogens with zero attached hydrogens (tertiary/aromatic N) is 2. The lowest BCUT2D eigenvalue weighted by molar-refractivity contribution is 0.102. The number of nitrogens with one attached hydrogen (secondary N) is 2. The highest BCUT2D eigenvalue weighted by Crippen LogP contribution is 2.20. The summed E-state index contributed by atoms with van der Waals surface area (Å²) in [5.74, 6) is 0.180. The van der Waals surface area contributed by atoms with Crippen LogP contribution in [0.3, 0.4) is 0 Å². The number of carbonyl (C=O) groups is 1. The summed E-state index contributed by atoms with van der Waals surface area (Å²) in [6, 6.07) is 7.04. The Bertz CT molecular complexity index is 688. The highest BCUT2D eigenvalue weighted by Gasteiger charge is 2.11. The van der Waals surface area contributed by atoms with Crippen molar-refractivity contribution in [3.8, 4) is 0 Å². The molecule has 1 aromatic heterocycles. The molecule has 2 aromatic rings. The third-order valence-electron chi connectivity index (χ3n) is 3.05. The first-order valence-electron chi connectivity index (χ1n) is 7.16. The SMILES string of the molecule is CCCNc1nc(C)cc(C(=O)Nc2ccc(C)c(Cl)c2)n1. The number of benzene rings is 1. The lowest BCUT2D eigenvalue weighted by Gasteiger charge is -2.09. The van der Waals surface area contributed by atoms with Crippen molar-refractivity contribution < 1.29 is 4.79 Å². The van der Waals surface area contributed by atoms with Gasteiger partial charge in [0.2, 0.25) is 5.95 Å². The molecule has 2 N–H and O–H groups in total. The number of rotatable bonds is 5. The Morgan fingerprint density at radius 3 is 2.68 bits per heavy atom. The van der Waals surface area contributed by atoms with Crippen molar-refractivity contribution in [1.29, 1.82) is 0 Å². The number of amides is 1. The van der Waals surface area contributed by atoms with E-state index in [-0.39, 0.29) is 5.91 Å². The summed E-state index contributed by atoms with van der Waals surface area (Å²) in [5, 5.41) is 6.50. The van der Waals surface area contributed by atoms with Gasteiger partial charge in [-0.25, -0.2) is 9.97 Å². The molecule has 0 fully saturated rings. The maximum Gasteiger partial charge on any atom is 0.274 e. The van der Waals surface area contributed by atoms with Crippen LogP contribution in [-0.2, 0) is 0 Å². The van der Waals surface area contributed by atoms with E-state index in [1.807, 2.05) is 26.0 Å². The molecule has 116 valence electrons. The molecule has 0 aliphatic heterocycles. The van der Waals surface area contributed by atoms with E-state index < -0.39 is 0 Å². The number of aromatic nitrogens is 2. The van der Waals surface area contributed by atoms with Gasteiger partial charge in [-0.05, 0) is 44.0 Å². The molecular weight excluding hydrogens is 300 g/mol. The van der Waals surface area contributed by atoms with Crippen LogP contribution < -0.4 is 10.6 Å². The second-order valence-electron chi connectivity index (χ2n) is 5.06. The van der Waals surface area contributed by atoms with Gasteiger partial charge in [0.1, 0.15) is 5.69 Å². The van der Waals surface area contributed by atoms with Crippen LogP contribution in [0, 0.1) is 13.8 Å². The maximum atomic E-state index is 12.3. The molecule has 0 aliphatic rings. The predicted molar refractivity (Wildman–Crippen MR) is 89.7 cm³/mol. The molecule has 0 saturated carbocycles. The van der Waals surface area contributed by atoms with Crippen LogP contribution in [0.4, 0.5) is 11.6 Å². The van der Waals surface area contributed by atoms with E-state index in [0.717, 1.165) is 24.2 Å². The van der Waals surface area contributed by atoms with Crippen LogP contribution in [0.2, 0.25) is 5.02 Å². The molecule has 0 saturated heterocycles.